The second-order valence-electron chi connectivity index (χ2n) is 5.49. The second-order valence-corrected chi connectivity index (χ2v) is 5.49. The highest BCUT2D eigenvalue weighted by atomic mass is 16.5. The summed E-state index contributed by atoms with van der Waals surface area (Å²) in [6, 6.07) is 6.18. The van der Waals surface area contributed by atoms with E-state index in [1.165, 1.54) is 6.42 Å². The minimum absolute atomic E-state index is 0.205. The third kappa shape index (κ3) is 3.89. The van der Waals surface area contributed by atoms with E-state index < -0.39 is 0 Å². The van der Waals surface area contributed by atoms with E-state index in [1.807, 2.05) is 18.2 Å². The van der Waals surface area contributed by atoms with Gasteiger partial charge in [-0.25, -0.2) is 0 Å². The number of nitrogens with one attached hydrogen (secondary N) is 1. The van der Waals surface area contributed by atoms with Crippen LogP contribution < -0.4 is 14.8 Å². The number of hydrogen-bond donors (Lipinski definition) is 1. The molecular weight excluding hydrogens is 266 g/mol. The van der Waals surface area contributed by atoms with Crippen molar-refractivity contribution in [3.63, 3.8) is 0 Å². The Morgan fingerprint density at radius 2 is 2.00 bits per heavy atom. The summed E-state index contributed by atoms with van der Waals surface area (Å²) in [7, 11) is 3.43. The lowest BCUT2D eigenvalue weighted by Gasteiger charge is -2.33. The Bertz CT molecular complexity index is 408. The third-order valence-corrected chi connectivity index (χ3v) is 4.06. The zero-order chi connectivity index (χ0) is 15.1. The van der Waals surface area contributed by atoms with Crippen LogP contribution in [0.5, 0.6) is 11.5 Å². The number of rotatable bonds is 7. The molecule has 1 fully saturated rings. The van der Waals surface area contributed by atoms with Gasteiger partial charge in [-0.2, -0.15) is 0 Å². The van der Waals surface area contributed by atoms with Gasteiger partial charge in [0, 0.05) is 18.6 Å². The van der Waals surface area contributed by atoms with Gasteiger partial charge >= 0.3 is 0 Å². The first kappa shape index (κ1) is 16.1. The van der Waals surface area contributed by atoms with Gasteiger partial charge in [-0.3, -0.25) is 0 Å². The van der Waals surface area contributed by atoms with Crippen LogP contribution in [0.15, 0.2) is 18.2 Å². The molecule has 21 heavy (non-hydrogen) atoms. The molecule has 4 heteroatoms. The molecule has 1 aromatic rings. The largest absolute Gasteiger partial charge is 0.496 e. The van der Waals surface area contributed by atoms with Crippen LogP contribution in [0.25, 0.3) is 0 Å². The second kappa shape index (κ2) is 8.25. The van der Waals surface area contributed by atoms with Crippen molar-refractivity contribution in [3.05, 3.63) is 23.8 Å². The fraction of sp³-hybridized carbons (Fsp3) is 0.647. The zero-order valence-electron chi connectivity index (χ0n) is 13.4. The molecule has 0 amide bonds. The van der Waals surface area contributed by atoms with Gasteiger partial charge in [0.05, 0.1) is 26.4 Å². The Morgan fingerprint density at radius 1 is 1.29 bits per heavy atom. The molecule has 4 nitrogen and oxygen atoms in total. The van der Waals surface area contributed by atoms with E-state index in [0.717, 1.165) is 49.7 Å². The van der Waals surface area contributed by atoms with Crippen molar-refractivity contribution in [1.29, 1.82) is 0 Å². The normalized spacial score (nSPS) is 20.0. The van der Waals surface area contributed by atoms with E-state index >= 15 is 0 Å². The van der Waals surface area contributed by atoms with Crippen LogP contribution in [-0.4, -0.2) is 34.0 Å². The lowest BCUT2D eigenvalue weighted by molar-refractivity contribution is 0.0383. The first-order valence-corrected chi connectivity index (χ1v) is 7.83. The molecule has 118 valence electrons. The topological polar surface area (TPSA) is 39.7 Å². The third-order valence-electron chi connectivity index (χ3n) is 4.06. The summed E-state index contributed by atoms with van der Waals surface area (Å²) in [6.45, 7) is 4.83. The molecule has 1 saturated heterocycles. The van der Waals surface area contributed by atoms with Crippen molar-refractivity contribution in [1.82, 2.24) is 5.32 Å². The molecule has 0 saturated carbocycles. The molecule has 0 radical (unpaired) electrons. The summed E-state index contributed by atoms with van der Waals surface area (Å²) in [5.74, 6) is 2.22. The number of methoxy groups -OCH3 is 2. The molecule has 0 aromatic heterocycles. The summed E-state index contributed by atoms with van der Waals surface area (Å²) in [5.41, 5.74) is 1.12. The Labute approximate surface area is 127 Å². The van der Waals surface area contributed by atoms with Gasteiger partial charge < -0.3 is 19.5 Å². The van der Waals surface area contributed by atoms with Gasteiger partial charge in [-0.05, 0) is 37.9 Å². The van der Waals surface area contributed by atoms with E-state index in [-0.39, 0.29) is 6.04 Å². The molecule has 1 heterocycles. The summed E-state index contributed by atoms with van der Waals surface area (Å²) in [5, 5.41) is 3.66. The molecule has 2 rings (SSSR count). The zero-order valence-corrected chi connectivity index (χ0v) is 13.4. The highest BCUT2D eigenvalue weighted by Crippen LogP contribution is 2.39. The number of ether oxygens (including phenoxy) is 3. The maximum absolute atomic E-state index is 5.69. The first-order valence-electron chi connectivity index (χ1n) is 7.83. The van der Waals surface area contributed by atoms with Crippen molar-refractivity contribution in [2.24, 2.45) is 5.92 Å². The minimum Gasteiger partial charge on any atom is -0.496 e. The predicted molar refractivity (Wildman–Crippen MR) is 84.1 cm³/mol. The van der Waals surface area contributed by atoms with Gasteiger partial charge in [0.2, 0.25) is 0 Å². The average Bonchev–Trinajstić information content (AvgIpc) is 2.56. The van der Waals surface area contributed by atoms with Gasteiger partial charge in [0.25, 0.3) is 0 Å². The molecule has 1 aliphatic rings. The van der Waals surface area contributed by atoms with Crippen LogP contribution in [0.3, 0.4) is 0 Å². The average molecular weight is 293 g/mol. The van der Waals surface area contributed by atoms with E-state index in [0.29, 0.717) is 5.92 Å². The number of hydrogen-bond acceptors (Lipinski definition) is 4. The Morgan fingerprint density at radius 3 is 2.52 bits per heavy atom. The summed E-state index contributed by atoms with van der Waals surface area (Å²) >= 11 is 0. The van der Waals surface area contributed by atoms with E-state index in [4.69, 9.17) is 14.2 Å². The van der Waals surface area contributed by atoms with Gasteiger partial charge in [-0.15, -0.1) is 0 Å². The van der Waals surface area contributed by atoms with Gasteiger partial charge in [-0.1, -0.05) is 13.0 Å². The smallest absolute Gasteiger partial charge is 0.127 e. The quantitative estimate of drug-likeness (QED) is 0.838. The monoisotopic (exact) mass is 293 g/mol. The van der Waals surface area contributed by atoms with E-state index in [1.54, 1.807) is 14.2 Å². The molecule has 0 bridgehead atoms. The highest BCUT2D eigenvalue weighted by molar-refractivity contribution is 5.47. The van der Waals surface area contributed by atoms with Crippen LogP contribution in [0.2, 0.25) is 0 Å². The van der Waals surface area contributed by atoms with Crippen molar-refractivity contribution in [3.8, 4) is 11.5 Å². The van der Waals surface area contributed by atoms with Crippen molar-refractivity contribution >= 4 is 0 Å². The molecule has 2 atom stereocenters. The minimum atomic E-state index is 0.205. The molecule has 0 spiro atoms. The van der Waals surface area contributed by atoms with Crippen molar-refractivity contribution < 1.29 is 14.2 Å². The van der Waals surface area contributed by atoms with Crippen LogP contribution >= 0.6 is 0 Å². The SMILES string of the molecule is CCCNC(c1c(OC)cccc1OC)C1CCCOC1. The van der Waals surface area contributed by atoms with Crippen LogP contribution in [0.1, 0.15) is 37.8 Å². The van der Waals surface area contributed by atoms with Crippen LogP contribution in [-0.2, 0) is 4.74 Å². The molecule has 1 N–H and O–H groups in total. The Balaban J connectivity index is 2.34. The molecule has 1 aromatic carbocycles. The maximum atomic E-state index is 5.69. The summed E-state index contributed by atoms with van der Waals surface area (Å²) < 4.78 is 16.8. The molecule has 2 unspecified atom stereocenters. The van der Waals surface area contributed by atoms with Crippen LogP contribution in [0, 0.1) is 5.92 Å². The van der Waals surface area contributed by atoms with E-state index in [9.17, 15) is 0 Å². The molecule has 1 aliphatic heterocycles. The van der Waals surface area contributed by atoms with Gasteiger partial charge in [0.1, 0.15) is 11.5 Å². The first-order chi connectivity index (χ1) is 10.3. The summed E-state index contributed by atoms with van der Waals surface area (Å²) in [6.07, 6.45) is 3.39. The fourth-order valence-corrected chi connectivity index (χ4v) is 3.02. The highest BCUT2D eigenvalue weighted by Gasteiger charge is 2.29. The maximum Gasteiger partial charge on any atom is 0.127 e. The fourth-order valence-electron chi connectivity index (χ4n) is 3.02. The lowest BCUT2D eigenvalue weighted by Crippen LogP contribution is -2.34. The summed E-state index contributed by atoms with van der Waals surface area (Å²) in [4.78, 5) is 0. The number of benzene rings is 1. The Hall–Kier alpha value is -1.26. The molecule has 0 aliphatic carbocycles. The van der Waals surface area contributed by atoms with E-state index in [2.05, 4.69) is 12.2 Å². The predicted octanol–water partition coefficient (Wildman–Crippen LogP) is 3.17. The lowest BCUT2D eigenvalue weighted by atomic mass is 9.87. The van der Waals surface area contributed by atoms with Crippen molar-refractivity contribution in [2.45, 2.75) is 32.2 Å². The molecular formula is C17H27NO3. The standard InChI is InChI=1S/C17H27NO3/c1-4-10-18-17(13-7-6-11-21-12-13)16-14(19-2)8-5-9-15(16)20-3/h5,8-9,13,17-18H,4,6-7,10-12H2,1-3H3. The Kier molecular flexibility index (Phi) is 6.33. The van der Waals surface area contributed by atoms with Gasteiger partial charge in [0.15, 0.2) is 0 Å². The van der Waals surface area contributed by atoms with Crippen molar-refractivity contribution in [2.75, 3.05) is 34.0 Å². The van der Waals surface area contributed by atoms with Crippen LogP contribution in [0.4, 0.5) is 0 Å².